The molecule has 1 unspecified atom stereocenters. The normalized spacial score (nSPS) is 15.9. The molecule has 8 nitrogen and oxygen atoms in total. The van der Waals surface area contributed by atoms with Crippen molar-refractivity contribution in [1.82, 2.24) is 19.8 Å². The standard InChI is InChI=1S/C27H31N5O3S/c1-27(2,28)25(34)29-21(15-17-16-36-23-10-6-3-7-19(17)23)24(33)31-13-11-18(12-14-31)32-22-9-5-4-8-20(22)30-26(32)35/h3-10,16,18,21H,11-15,28H2,1-2H3,(H,29,34)(H,30,35). The van der Waals surface area contributed by atoms with E-state index in [2.05, 4.69) is 21.7 Å². The first kappa shape index (κ1) is 24.3. The molecule has 188 valence electrons. The van der Waals surface area contributed by atoms with Crippen LogP contribution in [0.25, 0.3) is 21.1 Å². The minimum Gasteiger partial charge on any atom is -0.342 e. The van der Waals surface area contributed by atoms with Crippen molar-refractivity contribution < 1.29 is 9.59 Å². The number of rotatable bonds is 6. The summed E-state index contributed by atoms with van der Waals surface area (Å²) in [7, 11) is 0. The van der Waals surface area contributed by atoms with Crippen LogP contribution in [0.1, 0.15) is 38.3 Å². The third kappa shape index (κ3) is 4.68. The van der Waals surface area contributed by atoms with E-state index in [1.54, 1.807) is 30.1 Å². The summed E-state index contributed by atoms with van der Waals surface area (Å²) in [6, 6.07) is 15.0. The summed E-state index contributed by atoms with van der Waals surface area (Å²) >= 11 is 1.63. The molecule has 0 bridgehead atoms. The Labute approximate surface area is 213 Å². The average molecular weight is 506 g/mol. The molecule has 1 fully saturated rings. The van der Waals surface area contributed by atoms with Crippen molar-refractivity contribution >= 4 is 44.3 Å². The van der Waals surface area contributed by atoms with Crippen molar-refractivity contribution in [2.75, 3.05) is 13.1 Å². The number of piperidine rings is 1. The Kier molecular flexibility index (Phi) is 6.44. The number of carbonyl (C=O) groups is 2. The lowest BCUT2D eigenvalue weighted by molar-refractivity contribution is -0.138. The van der Waals surface area contributed by atoms with Gasteiger partial charge < -0.3 is 20.9 Å². The number of thiophene rings is 1. The second kappa shape index (κ2) is 9.55. The number of H-pyrrole nitrogens is 1. The number of aromatic nitrogens is 2. The molecule has 2 aromatic carbocycles. The van der Waals surface area contributed by atoms with E-state index < -0.39 is 11.6 Å². The molecule has 36 heavy (non-hydrogen) atoms. The van der Waals surface area contributed by atoms with Gasteiger partial charge in [-0.05, 0) is 61.2 Å². The Balaban J connectivity index is 1.34. The predicted molar refractivity (Wildman–Crippen MR) is 143 cm³/mol. The van der Waals surface area contributed by atoms with Gasteiger partial charge in [-0.15, -0.1) is 11.3 Å². The number of para-hydroxylation sites is 2. The van der Waals surface area contributed by atoms with Crippen molar-refractivity contribution in [2.45, 2.75) is 50.7 Å². The lowest BCUT2D eigenvalue weighted by Gasteiger charge is -2.35. The second-order valence-corrected chi connectivity index (χ2v) is 11.0. The summed E-state index contributed by atoms with van der Waals surface area (Å²) in [5.41, 5.74) is 7.54. The lowest BCUT2D eigenvalue weighted by atomic mass is 9.99. The van der Waals surface area contributed by atoms with Crippen LogP contribution < -0.4 is 16.7 Å². The molecule has 1 atom stereocenters. The first-order valence-corrected chi connectivity index (χ1v) is 13.1. The third-order valence-electron chi connectivity index (χ3n) is 6.94. The van der Waals surface area contributed by atoms with Gasteiger partial charge in [-0.2, -0.15) is 0 Å². The largest absolute Gasteiger partial charge is 0.342 e. The summed E-state index contributed by atoms with van der Waals surface area (Å²) in [5, 5.41) is 6.07. The van der Waals surface area contributed by atoms with E-state index in [-0.39, 0.29) is 23.5 Å². The molecule has 4 N–H and O–H groups in total. The SMILES string of the molecule is CC(C)(N)C(=O)NC(Cc1csc2ccccc12)C(=O)N1CCC(n2c(=O)[nH]c3ccccc32)CC1. The topological polar surface area (TPSA) is 113 Å². The number of nitrogens with one attached hydrogen (secondary N) is 2. The fourth-order valence-electron chi connectivity index (χ4n) is 4.96. The Morgan fingerprint density at radius 1 is 1.14 bits per heavy atom. The Hall–Kier alpha value is -3.43. The molecule has 4 aromatic rings. The monoisotopic (exact) mass is 505 g/mol. The summed E-state index contributed by atoms with van der Waals surface area (Å²) < 4.78 is 2.96. The average Bonchev–Trinajstić information content (AvgIpc) is 3.42. The molecule has 0 spiro atoms. The number of hydrogen-bond acceptors (Lipinski definition) is 5. The van der Waals surface area contributed by atoms with Gasteiger partial charge in [0.15, 0.2) is 0 Å². The maximum absolute atomic E-state index is 13.7. The van der Waals surface area contributed by atoms with E-state index >= 15 is 0 Å². The van der Waals surface area contributed by atoms with Crippen LogP contribution in [-0.2, 0) is 16.0 Å². The summed E-state index contributed by atoms with van der Waals surface area (Å²) in [4.78, 5) is 43.8. The molecule has 0 saturated carbocycles. The number of nitrogens with two attached hydrogens (primary N) is 1. The highest BCUT2D eigenvalue weighted by molar-refractivity contribution is 7.17. The van der Waals surface area contributed by atoms with E-state index in [9.17, 15) is 14.4 Å². The molecule has 5 rings (SSSR count). The number of nitrogens with zero attached hydrogens (tertiary/aromatic N) is 2. The Morgan fingerprint density at radius 2 is 1.83 bits per heavy atom. The molecule has 3 heterocycles. The number of carbonyl (C=O) groups excluding carboxylic acids is 2. The summed E-state index contributed by atoms with van der Waals surface area (Å²) in [5.74, 6) is -0.478. The quantitative estimate of drug-likeness (QED) is 0.374. The van der Waals surface area contributed by atoms with Crippen LogP contribution in [0.2, 0.25) is 0 Å². The van der Waals surface area contributed by atoms with Gasteiger partial charge in [0.25, 0.3) is 0 Å². The van der Waals surface area contributed by atoms with E-state index in [4.69, 9.17) is 5.73 Å². The van der Waals surface area contributed by atoms with Gasteiger partial charge in [0.05, 0.1) is 16.6 Å². The number of aromatic amines is 1. The molecule has 9 heteroatoms. The van der Waals surface area contributed by atoms with Crippen molar-refractivity contribution in [3.05, 3.63) is 70.0 Å². The molecule has 1 aliphatic rings. The van der Waals surface area contributed by atoms with Crippen LogP contribution in [0.4, 0.5) is 0 Å². The van der Waals surface area contributed by atoms with Crippen molar-refractivity contribution in [2.24, 2.45) is 5.73 Å². The third-order valence-corrected chi connectivity index (χ3v) is 7.95. The minimum atomic E-state index is -1.10. The zero-order chi connectivity index (χ0) is 25.4. The first-order chi connectivity index (χ1) is 17.2. The number of benzene rings is 2. The smallest absolute Gasteiger partial charge is 0.326 e. The highest BCUT2D eigenvalue weighted by atomic mass is 32.1. The number of fused-ring (bicyclic) bond motifs is 2. The van der Waals surface area contributed by atoms with Gasteiger partial charge in [-0.1, -0.05) is 30.3 Å². The van der Waals surface area contributed by atoms with E-state index in [0.29, 0.717) is 32.4 Å². The van der Waals surface area contributed by atoms with Gasteiger partial charge in [0, 0.05) is 30.3 Å². The summed E-state index contributed by atoms with van der Waals surface area (Å²) in [6.07, 6.45) is 1.72. The van der Waals surface area contributed by atoms with Gasteiger partial charge in [-0.25, -0.2) is 4.79 Å². The number of hydrogen-bond donors (Lipinski definition) is 3. The van der Waals surface area contributed by atoms with Crippen LogP contribution in [0.3, 0.4) is 0 Å². The van der Waals surface area contributed by atoms with Crippen LogP contribution in [0, 0.1) is 0 Å². The zero-order valence-corrected chi connectivity index (χ0v) is 21.3. The number of likely N-dealkylation sites (tertiary alicyclic amines) is 1. The van der Waals surface area contributed by atoms with E-state index in [0.717, 1.165) is 26.7 Å². The van der Waals surface area contributed by atoms with Crippen molar-refractivity contribution in [1.29, 1.82) is 0 Å². The maximum Gasteiger partial charge on any atom is 0.326 e. The highest BCUT2D eigenvalue weighted by Crippen LogP contribution is 2.28. The maximum atomic E-state index is 13.7. The van der Waals surface area contributed by atoms with E-state index in [1.807, 2.05) is 47.0 Å². The van der Waals surface area contributed by atoms with Gasteiger partial charge in [0.2, 0.25) is 11.8 Å². The predicted octanol–water partition coefficient (Wildman–Crippen LogP) is 3.17. The number of amides is 2. The second-order valence-electron chi connectivity index (χ2n) is 10.1. The molecule has 0 radical (unpaired) electrons. The van der Waals surface area contributed by atoms with Crippen LogP contribution in [0.5, 0.6) is 0 Å². The van der Waals surface area contributed by atoms with Crippen LogP contribution in [0.15, 0.2) is 58.7 Å². The fourth-order valence-corrected chi connectivity index (χ4v) is 5.93. The first-order valence-electron chi connectivity index (χ1n) is 12.3. The molecular formula is C27H31N5O3S. The summed E-state index contributed by atoms with van der Waals surface area (Å²) in [6.45, 7) is 4.29. The number of imidazole rings is 1. The lowest BCUT2D eigenvalue weighted by Crippen LogP contribution is -2.57. The molecular weight excluding hydrogens is 474 g/mol. The zero-order valence-electron chi connectivity index (χ0n) is 20.5. The Morgan fingerprint density at radius 3 is 2.58 bits per heavy atom. The molecule has 1 aliphatic heterocycles. The van der Waals surface area contributed by atoms with Gasteiger partial charge in [-0.3, -0.25) is 14.2 Å². The highest BCUT2D eigenvalue weighted by Gasteiger charge is 2.33. The van der Waals surface area contributed by atoms with Crippen molar-refractivity contribution in [3.8, 4) is 0 Å². The Bertz CT molecular complexity index is 1470. The van der Waals surface area contributed by atoms with Crippen molar-refractivity contribution in [3.63, 3.8) is 0 Å². The minimum absolute atomic E-state index is 0.00883. The van der Waals surface area contributed by atoms with E-state index in [1.165, 1.54) is 0 Å². The van der Waals surface area contributed by atoms with Crippen LogP contribution in [-0.4, -0.2) is 50.9 Å². The molecule has 2 aromatic heterocycles. The van der Waals surface area contributed by atoms with Gasteiger partial charge in [0.1, 0.15) is 6.04 Å². The molecule has 2 amide bonds. The molecule has 0 aliphatic carbocycles. The fraction of sp³-hybridized carbons (Fsp3) is 0.370. The van der Waals surface area contributed by atoms with Crippen LogP contribution >= 0.6 is 11.3 Å². The van der Waals surface area contributed by atoms with Gasteiger partial charge >= 0.3 is 5.69 Å². The molecule has 1 saturated heterocycles.